The predicted molar refractivity (Wildman–Crippen MR) is 116 cm³/mol. The van der Waals surface area contributed by atoms with Gasteiger partial charge in [0.15, 0.2) is 5.16 Å². The van der Waals surface area contributed by atoms with E-state index in [2.05, 4.69) is 24.1 Å². The lowest BCUT2D eigenvalue weighted by molar-refractivity contribution is -0.113. The summed E-state index contributed by atoms with van der Waals surface area (Å²) >= 11 is 7.22. The second-order valence-corrected chi connectivity index (χ2v) is 8.28. The summed E-state index contributed by atoms with van der Waals surface area (Å²) in [4.78, 5) is 29.9. The molecular weight excluding hydrogens is 394 g/mol. The first kappa shape index (κ1) is 20.4. The first-order valence-corrected chi connectivity index (χ1v) is 10.5. The molecule has 0 radical (unpaired) electrons. The monoisotopic (exact) mass is 415 g/mol. The second kappa shape index (κ2) is 9.26. The van der Waals surface area contributed by atoms with E-state index in [1.54, 1.807) is 34.9 Å². The van der Waals surface area contributed by atoms with Gasteiger partial charge >= 0.3 is 0 Å². The lowest BCUT2D eigenvalue weighted by Gasteiger charge is -2.14. The molecule has 5 nitrogen and oxygen atoms in total. The highest BCUT2D eigenvalue weighted by molar-refractivity contribution is 7.99. The van der Waals surface area contributed by atoms with Crippen LogP contribution < -0.4 is 10.9 Å². The van der Waals surface area contributed by atoms with E-state index in [4.69, 9.17) is 11.6 Å². The molecule has 7 heteroatoms. The first-order valence-electron chi connectivity index (χ1n) is 9.12. The van der Waals surface area contributed by atoms with E-state index in [0.29, 0.717) is 39.2 Å². The van der Waals surface area contributed by atoms with Crippen molar-refractivity contribution >= 4 is 45.9 Å². The fourth-order valence-electron chi connectivity index (χ4n) is 2.74. The molecule has 1 N–H and O–H groups in total. The van der Waals surface area contributed by atoms with Gasteiger partial charge in [-0.05, 0) is 42.7 Å². The van der Waals surface area contributed by atoms with Crippen molar-refractivity contribution in [3.63, 3.8) is 0 Å². The number of para-hydroxylation sites is 1. The quantitative estimate of drug-likeness (QED) is 0.443. The maximum absolute atomic E-state index is 12.9. The Kier molecular flexibility index (Phi) is 6.75. The van der Waals surface area contributed by atoms with Crippen LogP contribution in [0.4, 0.5) is 5.69 Å². The fraction of sp³-hybridized carbons (Fsp3) is 0.286. The molecule has 0 saturated heterocycles. The minimum absolute atomic E-state index is 0.0657. The third kappa shape index (κ3) is 5.14. The van der Waals surface area contributed by atoms with Crippen LogP contribution in [0.2, 0.25) is 5.02 Å². The lowest BCUT2D eigenvalue weighted by Crippen LogP contribution is -2.25. The van der Waals surface area contributed by atoms with E-state index in [1.807, 2.05) is 18.2 Å². The number of carbonyl (C=O) groups excluding carboxylic acids is 1. The molecule has 2 aromatic carbocycles. The Labute approximate surface area is 173 Å². The van der Waals surface area contributed by atoms with Crippen LogP contribution in [0.3, 0.4) is 0 Å². The third-order valence-electron chi connectivity index (χ3n) is 4.20. The minimum Gasteiger partial charge on any atom is -0.325 e. The number of amides is 1. The molecular formula is C21H22ClN3O2S. The lowest BCUT2D eigenvalue weighted by atomic mass is 10.1. The van der Waals surface area contributed by atoms with Gasteiger partial charge in [0.05, 0.1) is 16.7 Å². The van der Waals surface area contributed by atoms with Crippen LogP contribution in [0.15, 0.2) is 58.5 Å². The Balaban J connectivity index is 1.81. The Hall–Kier alpha value is -2.31. The summed E-state index contributed by atoms with van der Waals surface area (Å²) in [6, 6.07) is 14.3. The van der Waals surface area contributed by atoms with Gasteiger partial charge in [-0.3, -0.25) is 14.2 Å². The molecule has 0 bridgehead atoms. The summed E-state index contributed by atoms with van der Waals surface area (Å²) in [5.74, 6) is 0.436. The van der Waals surface area contributed by atoms with Gasteiger partial charge in [-0.2, -0.15) is 0 Å². The van der Waals surface area contributed by atoms with Gasteiger partial charge in [0.2, 0.25) is 5.91 Å². The largest absolute Gasteiger partial charge is 0.325 e. The zero-order valence-electron chi connectivity index (χ0n) is 15.8. The molecule has 3 aromatic rings. The Morgan fingerprint density at radius 3 is 2.75 bits per heavy atom. The highest BCUT2D eigenvalue weighted by Crippen LogP contribution is 2.20. The molecule has 0 aliphatic rings. The molecule has 0 atom stereocenters. The smallest absolute Gasteiger partial charge is 0.262 e. The topological polar surface area (TPSA) is 64.0 Å². The number of hydrogen-bond acceptors (Lipinski definition) is 4. The summed E-state index contributed by atoms with van der Waals surface area (Å²) in [5, 5.41) is 4.53. The Bertz CT molecular complexity index is 1050. The standard InChI is InChI=1S/C21H22ClN3O2S/c1-14(2)10-11-25-20(27)17-8-3-4-9-18(17)24-21(25)28-13-19(26)23-16-7-5-6-15(22)12-16/h3-9,12,14H,10-11,13H2,1-2H3,(H,23,26). The van der Waals surface area contributed by atoms with Gasteiger partial charge in [-0.15, -0.1) is 0 Å². The van der Waals surface area contributed by atoms with Crippen LogP contribution in [0, 0.1) is 5.92 Å². The summed E-state index contributed by atoms with van der Waals surface area (Å²) in [5.41, 5.74) is 1.22. The number of fused-ring (bicyclic) bond motifs is 1. The number of carbonyl (C=O) groups is 1. The molecule has 1 aromatic heterocycles. The van der Waals surface area contributed by atoms with Crippen molar-refractivity contribution in [2.45, 2.75) is 32.0 Å². The van der Waals surface area contributed by atoms with Crippen LogP contribution in [-0.2, 0) is 11.3 Å². The number of nitrogens with one attached hydrogen (secondary N) is 1. The second-order valence-electron chi connectivity index (χ2n) is 6.90. The average molecular weight is 416 g/mol. The highest BCUT2D eigenvalue weighted by atomic mass is 35.5. The summed E-state index contributed by atoms with van der Waals surface area (Å²) < 4.78 is 1.68. The number of nitrogens with zero attached hydrogens (tertiary/aromatic N) is 2. The van der Waals surface area contributed by atoms with Crippen molar-refractivity contribution < 1.29 is 4.79 Å². The number of aromatic nitrogens is 2. The number of benzene rings is 2. The molecule has 0 unspecified atom stereocenters. The summed E-state index contributed by atoms with van der Waals surface area (Å²) in [7, 11) is 0. The van der Waals surface area contributed by atoms with Crippen molar-refractivity contribution in [2.24, 2.45) is 5.92 Å². The molecule has 0 aliphatic carbocycles. The zero-order valence-corrected chi connectivity index (χ0v) is 17.4. The maximum atomic E-state index is 12.9. The number of halogens is 1. The van der Waals surface area contributed by atoms with Gasteiger partial charge in [-0.1, -0.05) is 55.4 Å². The van der Waals surface area contributed by atoms with Crippen LogP contribution in [0.25, 0.3) is 10.9 Å². The van der Waals surface area contributed by atoms with E-state index >= 15 is 0 Å². The van der Waals surface area contributed by atoms with Gasteiger partial charge in [-0.25, -0.2) is 4.98 Å². The number of rotatable bonds is 7. The van der Waals surface area contributed by atoms with Crippen LogP contribution in [0.5, 0.6) is 0 Å². The van der Waals surface area contributed by atoms with E-state index < -0.39 is 0 Å². The van der Waals surface area contributed by atoms with Crippen molar-refractivity contribution in [1.29, 1.82) is 0 Å². The molecule has 3 rings (SSSR count). The third-order valence-corrected chi connectivity index (χ3v) is 5.41. The van der Waals surface area contributed by atoms with Crippen LogP contribution >= 0.6 is 23.4 Å². The van der Waals surface area contributed by atoms with Crippen molar-refractivity contribution in [3.05, 3.63) is 63.9 Å². The van der Waals surface area contributed by atoms with E-state index in [9.17, 15) is 9.59 Å². The minimum atomic E-state index is -0.176. The van der Waals surface area contributed by atoms with Crippen LogP contribution in [-0.4, -0.2) is 21.2 Å². The SMILES string of the molecule is CC(C)CCn1c(SCC(=O)Nc2cccc(Cl)c2)nc2ccccc2c1=O. The van der Waals surface area contributed by atoms with E-state index in [0.717, 1.165) is 6.42 Å². The predicted octanol–water partition coefficient (Wildman–Crippen LogP) is 4.83. The highest BCUT2D eigenvalue weighted by Gasteiger charge is 2.14. The van der Waals surface area contributed by atoms with E-state index in [1.165, 1.54) is 11.8 Å². The van der Waals surface area contributed by atoms with Gasteiger partial charge in [0.25, 0.3) is 5.56 Å². The number of anilines is 1. The van der Waals surface area contributed by atoms with Crippen LogP contribution in [0.1, 0.15) is 20.3 Å². The summed E-state index contributed by atoms with van der Waals surface area (Å²) in [6.07, 6.45) is 0.863. The molecule has 28 heavy (non-hydrogen) atoms. The van der Waals surface area contributed by atoms with Crippen molar-refractivity contribution in [2.75, 3.05) is 11.1 Å². The van der Waals surface area contributed by atoms with Crippen molar-refractivity contribution in [1.82, 2.24) is 9.55 Å². The number of hydrogen-bond donors (Lipinski definition) is 1. The molecule has 0 aliphatic heterocycles. The maximum Gasteiger partial charge on any atom is 0.262 e. The fourth-order valence-corrected chi connectivity index (χ4v) is 3.75. The normalized spacial score (nSPS) is 11.1. The molecule has 0 spiro atoms. The van der Waals surface area contributed by atoms with E-state index in [-0.39, 0.29) is 17.2 Å². The average Bonchev–Trinajstić information content (AvgIpc) is 2.65. The molecule has 1 heterocycles. The molecule has 146 valence electrons. The molecule has 0 saturated carbocycles. The van der Waals surface area contributed by atoms with Gasteiger partial charge in [0.1, 0.15) is 0 Å². The zero-order chi connectivity index (χ0) is 20.1. The number of thioether (sulfide) groups is 1. The van der Waals surface area contributed by atoms with Crippen molar-refractivity contribution in [3.8, 4) is 0 Å². The summed E-state index contributed by atoms with van der Waals surface area (Å²) in [6.45, 7) is 4.81. The van der Waals surface area contributed by atoms with Gasteiger partial charge in [0, 0.05) is 17.3 Å². The molecule has 0 fully saturated rings. The Morgan fingerprint density at radius 2 is 2.00 bits per heavy atom. The molecule has 1 amide bonds. The van der Waals surface area contributed by atoms with Gasteiger partial charge < -0.3 is 5.32 Å². The Morgan fingerprint density at radius 1 is 1.21 bits per heavy atom. The first-order chi connectivity index (χ1) is 13.4.